The number of hydrogen-bond acceptors (Lipinski definition) is 3. The number of aromatic nitrogens is 4. The van der Waals surface area contributed by atoms with Crippen molar-refractivity contribution in [2.24, 2.45) is 0 Å². The first-order valence-corrected chi connectivity index (χ1v) is 8.09. The van der Waals surface area contributed by atoms with Crippen molar-refractivity contribution >= 4 is 58.8 Å². The topological polar surface area (TPSA) is 43.6 Å². The van der Waals surface area contributed by atoms with Crippen LogP contribution in [0.5, 0.6) is 0 Å². The van der Waals surface area contributed by atoms with E-state index in [4.69, 9.17) is 46.4 Å². The maximum Gasteiger partial charge on any atom is 0.137 e. The van der Waals surface area contributed by atoms with Gasteiger partial charge < -0.3 is 0 Å². The Bertz CT molecular complexity index is 807. The van der Waals surface area contributed by atoms with Crippen molar-refractivity contribution in [2.75, 3.05) is 0 Å². The van der Waals surface area contributed by atoms with Gasteiger partial charge in [-0.2, -0.15) is 5.10 Å². The average Bonchev–Trinajstić information content (AvgIpc) is 3.00. The Hall–Kier alpha value is -1.04. The van der Waals surface area contributed by atoms with Crippen molar-refractivity contribution in [3.8, 4) is 0 Å². The molecule has 0 saturated heterocycles. The minimum Gasteiger partial charge on any atom is -0.257 e. The summed E-state index contributed by atoms with van der Waals surface area (Å²) in [7, 11) is 0. The molecule has 0 aliphatic rings. The van der Waals surface area contributed by atoms with Gasteiger partial charge in [0, 0.05) is 16.2 Å². The van der Waals surface area contributed by atoms with E-state index in [1.165, 1.54) is 6.33 Å². The van der Waals surface area contributed by atoms with Gasteiger partial charge in [-0.1, -0.05) is 40.9 Å². The Morgan fingerprint density at radius 2 is 1.79 bits per heavy atom. The lowest BCUT2D eigenvalue weighted by molar-refractivity contribution is 0.512. The zero-order valence-corrected chi connectivity index (χ0v) is 15.9. The molecular formula is C15H11Cl5N4. The van der Waals surface area contributed by atoms with E-state index < -0.39 is 4.87 Å². The summed E-state index contributed by atoms with van der Waals surface area (Å²) in [5, 5.41) is 5.62. The van der Waals surface area contributed by atoms with Crippen LogP contribution in [0.2, 0.25) is 15.1 Å². The lowest BCUT2D eigenvalue weighted by atomic mass is 9.93. The quantitative estimate of drug-likeness (QED) is 0.538. The molecule has 3 aromatic rings. The Morgan fingerprint density at radius 3 is 2.38 bits per heavy atom. The van der Waals surface area contributed by atoms with E-state index in [-0.39, 0.29) is 12.4 Å². The van der Waals surface area contributed by atoms with Gasteiger partial charge in [0.2, 0.25) is 0 Å². The first kappa shape index (κ1) is 19.3. The minimum atomic E-state index is -1.04. The van der Waals surface area contributed by atoms with Crippen molar-refractivity contribution in [3.05, 3.63) is 75.5 Å². The minimum absolute atomic E-state index is 0. The van der Waals surface area contributed by atoms with Gasteiger partial charge in [0.25, 0.3) is 0 Å². The van der Waals surface area contributed by atoms with Crippen molar-refractivity contribution in [3.63, 3.8) is 0 Å². The molecule has 9 heteroatoms. The fourth-order valence-electron chi connectivity index (χ4n) is 2.26. The SMILES string of the molecule is Cl.Clc1ccc(C(Cl)(Cn2cncn2)c2ccc(Cl)cc2Cl)nc1. The summed E-state index contributed by atoms with van der Waals surface area (Å²) < 4.78 is 1.62. The van der Waals surface area contributed by atoms with Crippen LogP contribution >= 0.6 is 58.8 Å². The second-order valence-corrected chi connectivity index (χ2v) is 6.81. The Morgan fingerprint density at radius 1 is 1.04 bits per heavy atom. The predicted molar refractivity (Wildman–Crippen MR) is 99.6 cm³/mol. The molecule has 1 unspecified atom stereocenters. The number of benzene rings is 1. The smallest absolute Gasteiger partial charge is 0.137 e. The van der Waals surface area contributed by atoms with E-state index in [9.17, 15) is 0 Å². The molecule has 2 aromatic heterocycles. The molecule has 0 aliphatic carbocycles. The first-order valence-electron chi connectivity index (χ1n) is 6.58. The molecule has 24 heavy (non-hydrogen) atoms. The third-order valence-corrected chi connectivity index (χ3v) is 4.63. The molecule has 4 nitrogen and oxygen atoms in total. The molecule has 0 radical (unpaired) electrons. The van der Waals surface area contributed by atoms with Gasteiger partial charge in [0.05, 0.1) is 17.3 Å². The van der Waals surface area contributed by atoms with Gasteiger partial charge in [0.15, 0.2) is 0 Å². The van der Waals surface area contributed by atoms with E-state index in [2.05, 4.69) is 15.1 Å². The Labute approximate surface area is 165 Å². The van der Waals surface area contributed by atoms with E-state index in [0.29, 0.717) is 32.9 Å². The highest BCUT2D eigenvalue weighted by molar-refractivity contribution is 6.36. The van der Waals surface area contributed by atoms with Gasteiger partial charge in [-0.25, -0.2) is 4.98 Å². The number of hydrogen-bond donors (Lipinski definition) is 0. The summed E-state index contributed by atoms with van der Waals surface area (Å²) in [5.41, 5.74) is 1.28. The van der Waals surface area contributed by atoms with Crippen molar-refractivity contribution < 1.29 is 0 Å². The normalized spacial score (nSPS) is 13.2. The lowest BCUT2D eigenvalue weighted by Gasteiger charge is -2.28. The molecular weight excluding hydrogens is 413 g/mol. The second-order valence-electron chi connectivity index (χ2n) is 4.88. The summed E-state index contributed by atoms with van der Waals surface area (Å²) in [6, 6.07) is 8.65. The van der Waals surface area contributed by atoms with Crippen LogP contribution in [0.3, 0.4) is 0 Å². The van der Waals surface area contributed by atoms with Crippen LogP contribution in [0.25, 0.3) is 0 Å². The van der Waals surface area contributed by atoms with Crippen LogP contribution < -0.4 is 0 Å². The fourth-order valence-corrected chi connectivity index (χ4v) is 3.39. The van der Waals surface area contributed by atoms with Crippen molar-refractivity contribution in [1.82, 2.24) is 19.7 Å². The van der Waals surface area contributed by atoms with Gasteiger partial charge in [-0.05, 0) is 29.8 Å². The molecule has 0 amide bonds. The molecule has 0 N–H and O–H groups in total. The molecule has 0 aliphatic heterocycles. The lowest BCUT2D eigenvalue weighted by Crippen LogP contribution is -2.29. The zero-order chi connectivity index (χ0) is 16.4. The molecule has 0 bridgehead atoms. The summed E-state index contributed by atoms with van der Waals surface area (Å²) in [5.74, 6) is 0. The highest BCUT2D eigenvalue weighted by Crippen LogP contribution is 2.41. The van der Waals surface area contributed by atoms with Gasteiger partial charge >= 0.3 is 0 Å². The second kappa shape index (κ2) is 7.89. The first-order chi connectivity index (χ1) is 11.0. The number of pyridine rings is 1. The summed E-state index contributed by atoms with van der Waals surface area (Å²) in [6.07, 6.45) is 4.56. The standard InChI is InChI=1S/C15H10Cl4N4.ClH/c16-10-1-3-12(13(18)5-10)15(19,7-23-9-20-8-22-23)14-4-2-11(17)6-21-14;/h1-6,8-9H,7H2;1H. The van der Waals surface area contributed by atoms with Crippen molar-refractivity contribution in [1.29, 1.82) is 0 Å². The molecule has 3 rings (SSSR count). The number of alkyl halides is 1. The van der Waals surface area contributed by atoms with Gasteiger partial charge in [0.1, 0.15) is 17.5 Å². The monoisotopic (exact) mass is 422 g/mol. The van der Waals surface area contributed by atoms with E-state index in [1.54, 1.807) is 47.5 Å². The summed E-state index contributed by atoms with van der Waals surface area (Å²) >= 11 is 25.3. The highest BCUT2D eigenvalue weighted by atomic mass is 35.5. The fraction of sp³-hybridized carbons (Fsp3) is 0.133. The molecule has 126 valence electrons. The highest BCUT2D eigenvalue weighted by Gasteiger charge is 2.36. The third-order valence-electron chi connectivity index (χ3n) is 3.34. The Balaban J connectivity index is 0.00000208. The van der Waals surface area contributed by atoms with Crippen molar-refractivity contribution in [2.45, 2.75) is 11.4 Å². The molecule has 2 heterocycles. The maximum atomic E-state index is 6.97. The van der Waals surface area contributed by atoms with Crippen LogP contribution in [-0.2, 0) is 11.4 Å². The summed E-state index contributed by atoms with van der Waals surface area (Å²) in [6.45, 7) is 0.296. The maximum absolute atomic E-state index is 6.97. The van der Waals surface area contributed by atoms with Crippen LogP contribution in [0.15, 0.2) is 49.2 Å². The molecule has 0 spiro atoms. The largest absolute Gasteiger partial charge is 0.257 e. The molecule has 1 aromatic carbocycles. The third kappa shape index (κ3) is 3.95. The zero-order valence-electron chi connectivity index (χ0n) is 12.0. The molecule has 0 saturated carbocycles. The van der Waals surface area contributed by atoms with E-state index in [0.717, 1.165) is 0 Å². The number of halogens is 5. The van der Waals surface area contributed by atoms with E-state index in [1.807, 2.05) is 0 Å². The predicted octanol–water partition coefficient (Wildman–Crippen LogP) is 5.24. The van der Waals surface area contributed by atoms with Crippen LogP contribution in [0.1, 0.15) is 11.3 Å². The number of nitrogens with zero attached hydrogens (tertiary/aromatic N) is 4. The summed E-state index contributed by atoms with van der Waals surface area (Å²) in [4.78, 5) is 7.25. The number of rotatable bonds is 4. The molecule has 0 fully saturated rings. The van der Waals surface area contributed by atoms with Gasteiger partial charge in [-0.3, -0.25) is 9.67 Å². The van der Waals surface area contributed by atoms with Crippen LogP contribution in [0.4, 0.5) is 0 Å². The Kier molecular flexibility index (Phi) is 6.34. The van der Waals surface area contributed by atoms with Gasteiger partial charge in [-0.15, -0.1) is 24.0 Å². The van der Waals surface area contributed by atoms with E-state index >= 15 is 0 Å². The van der Waals surface area contributed by atoms with Crippen LogP contribution in [-0.4, -0.2) is 19.7 Å². The van der Waals surface area contributed by atoms with Crippen LogP contribution in [0, 0.1) is 0 Å². The molecule has 1 atom stereocenters. The average molecular weight is 425 g/mol.